The molecular formula is C18H23N3O2. The second-order valence-corrected chi connectivity index (χ2v) is 7.15. The average Bonchev–Trinajstić information content (AvgIpc) is 3.35. The molecule has 1 saturated heterocycles. The highest BCUT2D eigenvalue weighted by Gasteiger charge is 2.30. The molecule has 0 N–H and O–H groups in total. The van der Waals surface area contributed by atoms with E-state index in [2.05, 4.69) is 17.1 Å². The number of rotatable bonds is 2. The molecule has 4 rings (SSSR count). The Bertz CT molecular complexity index is 748. The molecule has 0 unspecified atom stereocenters. The number of pyridine rings is 1. The molecule has 0 radical (unpaired) electrons. The van der Waals surface area contributed by atoms with Crippen LogP contribution in [0, 0.1) is 12.8 Å². The Hall–Kier alpha value is -1.91. The number of carbonyl (C=O) groups excluding carboxylic acids is 1. The van der Waals surface area contributed by atoms with E-state index in [9.17, 15) is 4.79 Å². The quantitative estimate of drug-likeness (QED) is 0.848. The first kappa shape index (κ1) is 14.7. The minimum absolute atomic E-state index is 0.111. The van der Waals surface area contributed by atoms with Crippen LogP contribution in [0.25, 0.3) is 11.1 Å². The highest BCUT2D eigenvalue weighted by Crippen LogP contribution is 2.40. The molecule has 1 aliphatic carbocycles. The number of hydrogen-bond acceptors (Lipinski definition) is 4. The Labute approximate surface area is 136 Å². The van der Waals surface area contributed by atoms with Gasteiger partial charge in [-0.1, -0.05) is 12.1 Å². The van der Waals surface area contributed by atoms with E-state index in [0.29, 0.717) is 17.5 Å². The predicted octanol–water partition coefficient (Wildman–Crippen LogP) is 3.67. The van der Waals surface area contributed by atoms with Crippen molar-refractivity contribution >= 4 is 17.0 Å². The van der Waals surface area contributed by atoms with Gasteiger partial charge in [0.05, 0.1) is 16.6 Å². The molecule has 1 atom stereocenters. The second-order valence-electron chi connectivity index (χ2n) is 7.15. The maximum atomic E-state index is 13.1. The van der Waals surface area contributed by atoms with Crippen molar-refractivity contribution in [1.29, 1.82) is 0 Å². The van der Waals surface area contributed by atoms with Crippen molar-refractivity contribution in [2.45, 2.75) is 51.9 Å². The molecule has 0 aromatic carbocycles. The van der Waals surface area contributed by atoms with Gasteiger partial charge in [0.2, 0.25) is 0 Å². The summed E-state index contributed by atoms with van der Waals surface area (Å²) in [6.07, 6.45) is 5.67. The van der Waals surface area contributed by atoms with Gasteiger partial charge in [-0.2, -0.15) is 0 Å². The second kappa shape index (κ2) is 5.62. The smallest absolute Gasteiger partial charge is 0.259 e. The summed E-state index contributed by atoms with van der Waals surface area (Å²) in [5.41, 5.74) is 2.98. The lowest BCUT2D eigenvalue weighted by atomic mass is 10.0. The third-order valence-corrected chi connectivity index (χ3v) is 5.17. The summed E-state index contributed by atoms with van der Waals surface area (Å²) in [6.45, 7) is 5.84. The lowest BCUT2D eigenvalue weighted by Gasteiger charge is -2.21. The van der Waals surface area contributed by atoms with Crippen LogP contribution in [0.4, 0.5) is 0 Å². The molecule has 0 spiro atoms. The van der Waals surface area contributed by atoms with Crippen molar-refractivity contribution in [1.82, 2.24) is 15.0 Å². The molecule has 1 saturated carbocycles. The number of likely N-dealkylation sites (tertiary alicyclic amines) is 1. The predicted molar refractivity (Wildman–Crippen MR) is 87.4 cm³/mol. The Morgan fingerprint density at radius 1 is 1.26 bits per heavy atom. The number of aromatic nitrogens is 2. The van der Waals surface area contributed by atoms with Crippen LogP contribution in [0.15, 0.2) is 10.6 Å². The minimum Gasteiger partial charge on any atom is -0.339 e. The largest absolute Gasteiger partial charge is 0.339 e. The van der Waals surface area contributed by atoms with Gasteiger partial charge >= 0.3 is 0 Å². The Balaban J connectivity index is 1.74. The molecule has 3 heterocycles. The highest BCUT2D eigenvalue weighted by atomic mass is 16.5. The number of amides is 1. The third-order valence-electron chi connectivity index (χ3n) is 5.17. The van der Waals surface area contributed by atoms with Crippen molar-refractivity contribution in [3.63, 3.8) is 0 Å². The fourth-order valence-electron chi connectivity index (χ4n) is 3.51. The Morgan fingerprint density at radius 3 is 2.87 bits per heavy atom. The molecule has 2 fully saturated rings. The Morgan fingerprint density at radius 2 is 2.09 bits per heavy atom. The van der Waals surface area contributed by atoms with E-state index in [4.69, 9.17) is 4.52 Å². The summed E-state index contributed by atoms with van der Waals surface area (Å²) in [7, 11) is 0. The first-order valence-electron chi connectivity index (χ1n) is 8.69. The normalized spacial score (nSPS) is 22.3. The van der Waals surface area contributed by atoms with Crippen LogP contribution in [-0.4, -0.2) is 34.0 Å². The van der Waals surface area contributed by atoms with Crippen molar-refractivity contribution < 1.29 is 9.32 Å². The topological polar surface area (TPSA) is 59.2 Å². The molecular weight excluding hydrogens is 290 g/mol. The van der Waals surface area contributed by atoms with Crippen molar-refractivity contribution in [3.05, 3.63) is 23.0 Å². The van der Waals surface area contributed by atoms with E-state index in [1.165, 1.54) is 6.42 Å². The zero-order chi connectivity index (χ0) is 16.0. The molecule has 2 aromatic rings. The summed E-state index contributed by atoms with van der Waals surface area (Å²) in [6, 6.07) is 1.99. The van der Waals surface area contributed by atoms with E-state index in [1.54, 1.807) is 0 Å². The first-order valence-corrected chi connectivity index (χ1v) is 8.69. The molecule has 5 nitrogen and oxygen atoms in total. The van der Waals surface area contributed by atoms with Crippen LogP contribution < -0.4 is 0 Å². The van der Waals surface area contributed by atoms with Gasteiger partial charge in [-0.05, 0) is 51.0 Å². The van der Waals surface area contributed by atoms with Crippen LogP contribution in [0.3, 0.4) is 0 Å². The fraction of sp³-hybridized carbons (Fsp3) is 0.611. The lowest BCUT2D eigenvalue weighted by molar-refractivity contribution is 0.0762. The molecule has 1 amide bonds. The van der Waals surface area contributed by atoms with E-state index < -0.39 is 0 Å². The van der Waals surface area contributed by atoms with Crippen LogP contribution in [0.5, 0.6) is 0 Å². The van der Waals surface area contributed by atoms with Gasteiger partial charge in [-0.25, -0.2) is 4.98 Å². The van der Waals surface area contributed by atoms with Gasteiger partial charge in [0.15, 0.2) is 0 Å². The molecule has 5 heteroatoms. The minimum atomic E-state index is 0.111. The molecule has 23 heavy (non-hydrogen) atoms. The van der Waals surface area contributed by atoms with Crippen molar-refractivity contribution in [2.24, 2.45) is 5.92 Å². The van der Waals surface area contributed by atoms with Gasteiger partial charge in [0, 0.05) is 24.7 Å². The lowest BCUT2D eigenvalue weighted by Crippen LogP contribution is -2.32. The van der Waals surface area contributed by atoms with Gasteiger partial charge in [0.1, 0.15) is 0 Å². The van der Waals surface area contributed by atoms with Gasteiger partial charge in [-0.3, -0.25) is 4.79 Å². The molecule has 2 aromatic heterocycles. The highest BCUT2D eigenvalue weighted by molar-refractivity contribution is 6.06. The number of hydrogen-bond donors (Lipinski definition) is 0. The maximum Gasteiger partial charge on any atom is 0.259 e. The maximum absolute atomic E-state index is 13.1. The van der Waals surface area contributed by atoms with E-state index >= 15 is 0 Å². The van der Waals surface area contributed by atoms with Crippen molar-refractivity contribution in [2.75, 3.05) is 13.1 Å². The van der Waals surface area contributed by atoms with Crippen molar-refractivity contribution in [3.8, 4) is 0 Å². The standard InChI is InChI=1S/C18H23N3O2/c1-11-4-3-8-21(9-7-11)18(22)14-10-15(13-5-6-13)19-17-16(14)12(2)20-23-17/h10-11,13H,3-9H2,1-2H3/t11-/m0/s1. The number of carbonyl (C=O) groups is 1. The molecule has 0 bridgehead atoms. The summed E-state index contributed by atoms with van der Waals surface area (Å²) < 4.78 is 5.36. The zero-order valence-electron chi connectivity index (χ0n) is 13.8. The first-order chi connectivity index (χ1) is 11.1. The van der Waals surface area contributed by atoms with Gasteiger partial charge in [-0.15, -0.1) is 0 Å². The van der Waals surface area contributed by atoms with Gasteiger partial charge in [0.25, 0.3) is 11.6 Å². The summed E-state index contributed by atoms with van der Waals surface area (Å²) >= 11 is 0. The third kappa shape index (κ3) is 2.73. The zero-order valence-corrected chi connectivity index (χ0v) is 13.8. The van der Waals surface area contributed by atoms with E-state index in [0.717, 1.165) is 61.1 Å². The summed E-state index contributed by atoms with van der Waals surface area (Å²) in [5.74, 6) is 1.30. The summed E-state index contributed by atoms with van der Waals surface area (Å²) in [4.78, 5) is 19.7. The Kier molecular flexibility index (Phi) is 3.58. The van der Waals surface area contributed by atoms with Crippen LogP contribution >= 0.6 is 0 Å². The fourth-order valence-corrected chi connectivity index (χ4v) is 3.51. The van der Waals surface area contributed by atoms with E-state index in [1.807, 2.05) is 17.9 Å². The van der Waals surface area contributed by atoms with Crippen LogP contribution in [0.2, 0.25) is 0 Å². The number of fused-ring (bicyclic) bond motifs is 1. The summed E-state index contributed by atoms with van der Waals surface area (Å²) in [5, 5.41) is 4.82. The molecule has 2 aliphatic rings. The number of nitrogens with zero attached hydrogens (tertiary/aromatic N) is 3. The van der Waals surface area contributed by atoms with Crippen LogP contribution in [-0.2, 0) is 0 Å². The average molecular weight is 313 g/mol. The SMILES string of the molecule is Cc1noc2nc(C3CC3)cc(C(=O)N3CCC[C@H](C)CC3)c12. The van der Waals surface area contributed by atoms with E-state index in [-0.39, 0.29) is 5.91 Å². The number of aryl methyl sites for hydroxylation is 1. The molecule has 122 valence electrons. The molecule has 1 aliphatic heterocycles. The monoisotopic (exact) mass is 313 g/mol. The van der Waals surface area contributed by atoms with Crippen LogP contribution in [0.1, 0.15) is 66.7 Å². The van der Waals surface area contributed by atoms with Gasteiger partial charge < -0.3 is 9.42 Å².